The fraction of sp³-hybridized carbons (Fsp3) is 0.100. The molecule has 0 amide bonds. The van der Waals surface area contributed by atoms with Gasteiger partial charge in [0.2, 0.25) is 5.60 Å². The monoisotopic (exact) mass is 388 g/mol. The molecule has 1 unspecified atom stereocenters. The molecule has 0 radical (unpaired) electrons. The van der Waals surface area contributed by atoms with E-state index in [1.54, 1.807) is 48.5 Å². The molecule has 0 spiro atoms. The highest BCUT2D eigenvalue weighted by Gasteiger charge is 2.42. The van der Waals surface area contributed by atoms with Crippen molar-refractivity contribution in [2.45, 2.75) is 12.0 Å². The Morgan fingerprint density at radius 1 is 0.885 bits per heavy atom. The fourth-order valence-electron chi connectivity index (χ4n) is 2.54. The van der Waals surface area contributed by atoms with Crippen molar-refractivity contribution in [2.75, 3.05) is 0 Å². The zero-order valence-electron chi connectivity index (χ0n) is 13.5. The minimum absolute atomic E-state index is 0.0661. The lowest BCUT2D eigenvalue weighted by Gasteiger charge is -2.31. The largest absolute Gasteiger partial charge is 0.473 e. The zero-order chi connectivity index (χ0) is 18.6. The highest BCUT2D eigenvalue weighted by atomic mass is 35.5. The van der Waals surface area contributed by atoms with Crippen LogP contribution in [0.1, 0.15) is 6.42 Å². The van der Waals surface area contributed by atoms with Gasteiger partial charge >= 0.3 is 0 Å². The van der Waals surface area contributed by atoms with Crippen LogP contribution >= 0.6 is 23.2 Å². The van der Waals surface area contributed by atoms with Gasteiger partial charge in [-0.15, -0.1) is 0 Å². The molecule has 0 bridgehead atoms. The molecule has 0 aromatic heterocycles. The maximum atomic E-state index is 12.2. The summed E-state index contributed by atoms with van der Waals surface area (Å²) in [5.74, 6) is 1.18. The quantitative estimate of drug-likeness (QED) is 0.677. The van der Waals surface area contributed by atoms with Crippen LogP contribution in [0.15, 0.2) is 84.1 Å². The maximum Gasteiger partial charge on any atom is 0.269 e. The lowest BCUT2D eigenvalue weighted by Crippen LogP contribution is -2.43. The SMILES string of the molecule is O=C(Cl)C1=C(Oc2ccccc2)CC(Oc2ccccc2)(C(=O)Cl)C=C1. The summed E-state index contributed by atoms with van der Waals surface area (Å²) in [5, 5.41) is -1.42. The van der Waals surface area contributed by atoms with Crippen molar-refractivity contribution in [1.29, 1.82) is 0 Å². The summed E-state index contributed by atoms with van der Waals surface area (Å²) >= 11 is 11.5. The van der Waals surface area contributed by atoms with Crippen molar-refractivity contribution in [2.24, 2.45) is 0 Å². The molecule has 1 aliphatic carbocycles. The third-order valence-corrected chi connectivity index (χ3v) is 4.34. The van der Waals surface area contributed by atoms with Gasteiger partial charge in [0.1, 0.15) is 17.3 Å². The molecule has 6 heteroatoms. The Morgan fingerprint density at radius 2 is 1.46 bits per heavy atom. The predicted molar refractivity (Wildman–Crippen MR) is 99.4 cm³/mol. The number of carbonyl (C=O) groups is 2. The first kappa shape index (κ1) is 18.2. The molecule has 0 fully saturated rings. The van der Waals surface area contributed by atoms with Crippen LogP contribution in [0.5, 0.6) is 11.5 Å². The Hall–Kier alpha value is -2.56. The van der Waals surface area contributed by atoms with E-state index in [0.717, 1.165) is 0 Å². The van der Waals surface area contributed by atoms with Gasteiger partial charge in [0.15, 0.2) is 0 Å². The van der Waals surface area contributed by atoms with Gasteiger partial charge in [0.25, 0.3) is 10.5 Å². The van der Waals surface area contributed by atoms with Crippen molar-refractivity contribution < 1.29 is 19.1 Å². The van der Waals surface area contributed by atoms with E-state index in [1.807, 2.05) is 12.1 Å². The van der Waals surface area contributed by atoms with E-state index in [9.17, 15) is 9.59 Å². The Labute approximate surface area is 160 Å². The molecule has 2 aromatic rings. The average molecular weight is 389 g/mol. The van der Waals surface area contributed by atoms with Crippen LogP contribution in [0.3, 0.4) is 0 Å². The zero-order valence-corrected chi connectivity index (χ0v) is 15.0. The number of benzene rings is 2. The summed E-state index contributed by atoms with van der Waals surface area (Å²) in [7, 11) is 0. The van der Waals surface area contributed by atoms with Crippen LogP contribution in [0.2, 0.25) is 0 Å². The smallest absolute Gasteiger partial charge is 0.269 e. The Bertz CT molecular complexity index is 875. The molecule has 0 heterocycles. The molecule has 2 aromatic carbocycles. The first-order valence-electron chi connectivity index (χ1n) is 7.79. The highest BCUT2D eigenvalue weighted by molar-refractivity contribution is 6.68. The number of hydrogen-bond acceptors (Lipinski definition) is 4. The third-order valence-electron chi connectivity index (χ3n) is 3.81. The molecular formula is C20H14Cl2O4. The number of allylic oxidation sites excluding steroid dienone is 2. The van der Waals surface area contributed by atoms with Crippen molar-refractivity contribution >= 4 is 33.7 Å². The summed E-state index contributed by atoms with van der Waals surface area (Å²) < 4.78 is 11.7. The molecule has 1 aliphatic rings. The van der Waals surface area contributed by atoms with E-state index in [1.165, 1.54) is 12.2 Å². The molecule has 0 saturated carbocycles. The second kappa shape index (κ2) is 7.77. The van der Waals surface area contributed by atoms with Gasteiger partial charge in [-0.3, -0.25) is 9.59 Å². The minimum Gasteiger partial charge on any atom is -0.473 e. The minimum atomic E-state index is -1.50. The normalized spacial score (nSPS) is 19.2. The number of halogens is 2. The van der Waals surface area contributed by atoms with Crippen LogP contribution in [0.25, 0.3) is 0 Å². The Balaban J connectivity index is 1.96. The van der Waals surface area contributed by atoms with Gasteiger partial charge in [0.05, 0.1) is 12.0 Å². The lowest BCUT2D eigenvalue weighted by atomic mass is 9.91. The maximum absolute atomic E-state index is 12.2. The summed E-state index contributed by atoms with van der Waals surface area (Å²) in [6.07, 6.45) is 2.77. The van der Waals surface area contributed by atoms with Gasteiger partial charge in [-0.1, -0.05) is 36.4 Å². The summed E-state index contributed by atoms with van der Waals surface area (Å²) in [6, 6.07) is 17.7. The topological polar surface area (TPSA) is 52.6 Å². The molecule has 26 heavy (non-hydrogen) atoms. The van der Waals surface area contributed by atoms with Crippen LogP contribution in [-0.4, -0.2) is 16.1 Å². The second-order valence-corrected chi connectivity index (χ2v) is 6.30. The molecule has 3 rings (SSSR count). The first-order valence-corrected chi connectivity index (χ1v) is 8.55. The van der Waals surface area contributed by atoms with Crippen molar-refractivity contribution in [3.63, 3.8) is 0 Å². The van der Waals surface area contributed by atoms with Gasteiger partial charge < -0.3 is 9.47 Å². The predicted octanol–water partition coefficient (Wildman–Crippen LogP) is 4.63. The molecule has 1 atom stereocenters. The Kier molecular flexibility index (Phi) is 5.45. The molecule has 0 N–H and O–H groups in total. The van der Waals surface area contributed by atoms with Crippen LogP contribution in [0, 0.1) is 0 Å². The fourth-order valence-corrected chi connectivity index (χ4v) is 2.88. The van der Waals surface area contributed by atoms with Gasteiger partial charge in [-0.2, -0.15) is 0 Å². The first-order chi connectivity index (χ1) is 12.5. The molecule has 4 nitrogen and oxygen atoms in total. The van der Waals surface area contributed by atoms with Gasteiger partial charge in [-0.05, 0) is 59.6 Å². The van der Waals surface area contributed by atoms with Crippen LogP contribution < -0.4 is 9.47 Å². The summed E-state index contributed by atoms with van der Waals surface area (Å²) in [5.41, 5.74) is -1.34. The van der Waals surface area contributed by atoms with E-state index < -0.39 is 16.1 Å². The summed E-state index contributed by atoms with van der Waals surface area (Å²) in [6.45, 7) is 0. The molecule has 0 aliphatic heterocycles. The lowest BCUT2D eigenvalue weighted by molar-refractivity contribution is -0.123. The number of carbonyl (C=O) groups excluding carboxylic acids is 2. The molecule has 132 valence electrons. The number of para-hydroxylation sites is 2. The van der Waals surface area contributed by atoms with Crippen molar-refractivity contribution in [3.8, 4) is 11.5 Å². The number of hydrogen-bond donors (Lipinski definition) is 0. The van der Waals surface area contributed by atoms with E-state index in [2.05, 4.69) is 0 Å². The van der Waals surface area contributed by atoms with E-state index in [4.69, 9.17) is 32.7 Å². The second-order valence-electron chi connectivity index (χ2n) is 5.61. The standard InChI is InChI=1S/C20H14Cl2O4/c21-18(23)16-11-12-20(19(22)24,26-15-9-5-2-6-10-15)13-17(16)25-14-7-3-1-4-8-14/h1-12H,13H2. The third kappa shape index (κ3) is 3.98. The van der Waals surface area contributed by atoms with Gasteiger partial charge in [-0.25, -0.2) is 0 Å². The number of ether oxygens (including phenoxy) is 2. The van der Waals surface area contributed by atoms with E-state index >= 15 is 0 Å². The molecule has 0 saturated heterocycles. The van der Waals surface area contributed by atoms with Gasteiger partial charge in [0, 0.05) is 0 Å². The van der Waals surface area contributed by atoms with Crippen molar-refractivity contribution in [1.82, 2.24) is 0 Å². The van der Waals surface area contributed by atoms with Crippen molar-refractivity contribution in [3.05, 3.63) is 84.1 Å². The average Bonchev–Trinajstić information content (AvgIpc) is 2.63. The van der Waals surface area contributed by atoms with E-state index in [-0.39, 0.29) is 17.8 Å². The Morgan fingerprint density at radius 3 is 2.00 bits per heavy atom. The number of rotatable bonds is 6. The highest BCUT2D eigenvalue weighted by Crippen LogP contribution is 2.35. The molecular weight excluding hydrogens is 375 g/mol. The van der Waals surface area contributed by atoms with Crippen LogP contribution in [0.4, 0.5) is 0 Å². The summed E-state index contributed by atoms with van der Waals surface area (Å²) in [4.78, 5) is 23.9. The van der Waals surface area contributed by atoms with E-state index in [0.29, 0.717) is 11.5 Å². The van der Waals surface area contributed by atoms with Crippen LogP contribution in [-0.2, 0) is 9.59 Å².